The van der Waals surface area contributed by atoms with Crippen molar-refractivity contribution in [1.82, 2.24) is 4.57 Å². The Morgan fingerprint density at radius 1 is 0.359 bits per heavy atom. The molecule has 0 radical (unpaired) electrons. The first-order chi connectivity index (χ1) is 31.5. The van der Waals surface area contributed by atoms with E-state index < -0.39 is 5.54 Å². The van der Waals surface area contributed by atoms with Crippen LogP contribution in [0.1, 0.15) is 41.7 Å². The van der Waals surface area contributed by atoms with Gasteiger partial charge < -0.3 is 9.47 Å². The molecule has 0 amide bonds. The van der Waals surface area contributed by atoms with Gasteiger partial charge in [0.25, 0.3) is 0 Å². The summed E-state index contributed by atoms with van der Waals surface area (Å²) in [6.07, 6.45) is 0. The zero-order valence-electron chi connectivity index (χ0n) is 35.8. The van der Waals surface area contributed by atoms with E-state index in [1.165, 1.54) is 99.5 Å². The van der Waals surface area contributed by atoms with Gasteiger partial charge in [-0.05, 0) is 91.2 Å². The molecule has 2 heteroatoms. The lowest BCUT2D eigenvalue weighted by atomic mass is 9.77. The normalized spacial score (nSPS) is 14.0. The third-order valence-corrected chi connectivity index (χ3v) is 14.4. The van der Waals surface area contributed by atoms with Gasteiger partial charge in [0.15, 0.2) is 0 Å². The number of fused-ring (bicyclic) bond motifs is 10. The van der Waals surface area contributed by atoms with Crippen molar-refractivity contribution in [2.75, 3.05) is 4.90 Å². The number of rotatable bonds is 6. The molecule has 1 heterocycles. The van der Waals surface area contributed by atoms with Crippen LogP contribution in [0.4, 0.5) is 17.1 Å². The fourth-order valence-electron chi connectivity index (χ4n) is 11.7. The molecule has 0 atom stereocenters. The third kappa shape index (κ3) is 4.97. The summed E-state index contributed by atoms with van der Waals surface area (Å²) < 4.78 is 2.70. The Kier molecular flexibility index (Phi) is 7.90. The van der Waals surface area contributed by atoms with Crippen molar-refractivity contribution in [3.8, 4) is 33.4 Å². The highest BCUT2D eigenvalue weighted by Crippen LogP contribution is 2.58. The number of hydrogen-bond donors (Lipinski definition) is 0. The highest BCUT2D eigenvalue weighted by atomic mass is 15.2. The largest absolute Gasteiger partial charge is 0.322 e. The van der Waals surface area contributed by atoms with E-state index in [4.69, 9.17) is 0 Å². The highest BCUT2D eigenvalue weighted by molar-refractivity contribution is 6.11. The molecule has 2 nitrogen and oxygen atoms in total. The second kappa shape index (κ2) is 13.8. The van der Waals surface area contributed by atoms with E-state index in [-0.39, 0.29) is 5.41 Å². The monoisotopic (exact) mass is 816 g/mol. The maximum atomic E-state index is 2.70. The Balaban J connectivity index is 1.18. The predicted molar refractivity (Wildman–Crippen MR) is 268 cm³/mol. The molecule has 0 spiro atoms. The summed E-state index contributed by atoms with van der Waals surface area (Å²) in [4.78, 5) is 2.54. The molecular weight excluding hydrogens is 773 g/mol. The van der Waals surface area contributed by atoms with E-state index in [1.54, 1.807) is 0 Å². The molecule has 0 aliphatic heterocycles. The summed E-state index contributed by atoms with van der Waals surface area (Å²) in [7, 11) is 0. The lowest BCUT2D eigenvalue weighted by Gasteiger charge is -2.37. The first-order valence-electron chi connectivity index (χ1n) is 22.4. The SMILES string of the molecule is CC1(C)c2ccccc2-c2c(N(c3ccc4c5ccccc5n(C5(c6cccc7ccccc67)c6ccccc6-c6ccccc65)c4c3)c3ccccc3-c3ccccc3)cccc21. The molecule has 0 N–H and O–H groups in total. The van der Waals surface area contributed by atoms with Gasteiger partial charge >= 0.3 is 0 Å². The van der Waals surface area contributed by atoms with Gasteiger partial charge in [0, 0.05) is 33.0 Å². The number of nitrogens with zero attached hydrogens (tertiary/aromatic N) is 2. The number of hydrogen-bond acceptors (Lipinski definition) is 1. The van der Waals surface area contributed by atoms with Crippen LogP contribution in [-0.4, -0.2) is 4.57 Å². The molecule has 11 aromatic rings. The summed E-state index contributed by atoms with van der Waals surface area (Å²) in [6.45, 7) is 4.75. The van der Waals surface area contributed by atoms with Gasteiger partial charge in [0.05, 0.1) is 22.4 Å². The lowest BCUT2D eigenvalue weighted by Crippen LogP contribution is -2.36. The van der Waals surface area contributed by atoms with E-state index >= 15 is 0 Å². The standard InChI is InChI=1S/C62H44N2/c1-61(2)51-30-13-10-29-50(51)60-55(61)34-19-37-58(60)63(56-35-16-11-25-45(56)42-20-4-3-5-21-42)43-38-39-49-48-28-12-17-36-57(48)64(59(49)40-43)62(52-33-18-23-41-22-6-7-24-44(41)52)53-31-14-8-26-46(53)47-27-9-15-32-54(47)62/h3-40H,1-2H3. The lowest BCUT2D eigenvalue weighted by molar-refractivity contribution is 0.568. The summed E-state index contributed by atoms with van der Waals surface area (Å²) in [6, 6.07) is 86.0. The number of benzene rings is 10. The zero-order chi connectivity index (χ0) is 42.6. The molecule has 0 saturated carbocycles. The topological polar surface area (TPSA) is 8.17 Å². The first kappa shape index (κ1) is 36.7. The molecule has 0 unspecified atom stereocenters. The van der Waals surface area contributed by atoms with Gasteiger partial charge in [-0.25, -0.2) is 0 Å². The summed E-state index contributed by atoms with van der Waals surface area (Å²) in [5, 5.41) is 4.94. The van der Waals surface area contributed by atoms with Crippen molar-refractivity contribution >= 4 is 49.6 Å². The second-order valence-corrected chi connectivity index (χ2v) is 18.0. The Morgan fingerprint density at radius 2 is 0.891 bits per heavy atom. The molecule has 10 aromatic carbocycles. The van der Waals surface area contributed by atoms with Crippen LogP contribution in [0, 0.1) is 0 Å². The Hall–Kier alpha value is -7.94. The molecule has 0 fully saturated rings. The number of para-hydroxylation sites is 2. The summed E-state index contributed by atoms with van der Waals surface area (Å²) >= 11 is 0. The minimum absolute atomic E-state index is 0.156. The molecule has 302 valence electrons. The molecule has 1 aromatic heterocycles. The van der Waals surface area contributed by atoms with E-state index in [0.717, 1.165) is 11.4 Å². The van der Waals surface area contributed by atoms with Gasteiger partial charge in [-0.3, -0.25) is 0 Å². The van der Waals surface area contributed by atoms with Crippen molar-refractivity contribution < 1.29 is 0 Å². The highest BCUT2D eigenvalue weighted by Gasteiger charge is 2.48. The average Bonchev–Trinajstić information content (AvgIpc) is 3.93. The van der Waals surface area contributed by atoms with E-state index in [1.807, 2.05) is 0 Å². The van der Waals surface area contributed by atoms with Crippen LogP contribution in [0.15, 0.2) is 231 Å². The maximum absolute atomic E-state index is 2.70. The molecule has 64 heavy (non-hydrogen) atoms. The maximum Gasteiger partial charge on any atom is 0.123 e. The van der Waals surface area contributed by atoms with Crippen molar-refractivity contribution in [3.05, 3.63) is 258 Å². The van der Waals surface area contributed by atoms with Crippen LogP contribution < -0.4 is 4.90 Å². The third-order valence-electron chi connectivity index (χ3n) is 14.4. The van der Waals surface area contributed by atoms with E-state index in [2.05, 4.69) is 254 Å². The number of anilines is 3. The van der Waals surface area contributed by atoms with Crippen LogP contribution >= 0.6 is 0 Å². The molecule has 2 aliphatic carbocycles. The van der Waals surface area contributed by atoms with Gasteiger partial charge in [-0.15, -0.1) is 0 Å². The Bertz CT molecular complexity index is 3610. The van der Waals surface area contributed by atoms with Gasteiger partial charge in [-0.2, -0.15) is 0 Å². The smallest absolute Gasteiger partial charge is 0.123 e. The van der Waals surface area contributed by atoms with Gasteiger partial charge in [0.2, 0.25) is 0 Å². The summed E-state index contributed by atoms with van der Waals surface area (Å²) in [5.74, 6) is 0. The minimum Gasteiger partial charge on any atom is -0.322 e. The molecule has 0 saturated heterocycles. The van der Waals surface area contributed by atoms with Gasteiger partial charge in [-0.1, -0.05) is 214 Å². The molecule has 13 rings (SSSR count). The molecular formula is C62H44N2. The average molecular weight is 817 g/mol. The fourth-order valence-corrected chi connectivity index (χ4v) is 11.7. The van der Waals surface area contributed by atoms with Crippen molar-refractivity contribution in [1.29, 1.82) is 0 Å². The van der Waals surface area contributed by atoms with Crippen molar-refractivity contribution in [3.63, 3.8) is 0 Å². The summed E-state index contributed by atoms with van der Waals surface area (Å²) in [5.41, 5.74) is 18.9. The van der Waals surface area contributed by atoms with E-state index in [9.17, 15) is 0 Å². The van der Waals surface area contributed by atoms with E-state index in [0.29, 0.717) is 0 Å². The van der Waals surface area contributed by atoms with Gasteiger partial charge in [0.1, 0.15) is 5.54 Å². The second-order valence-electron chi connectivity index (χ2n) is 18.0. The fraction of sp³-hybridized carbons (Fsp3) is 0.0645. The Labute approximate surface area is 374 Å². The van der Waals surface area contributed by atoms with Crippen LogP contribution in [0.25, 0.3) is 66.0 Å². The molecule has 2 aliphatic rings. The predicted octanol–water partition coefficient (Wildman–Crippen LogP) is 16.2. The van der Waals surface area contributed by atoms with Crippen LogP contribution in [0.3, 0.4) is 0 Å². The van der Waals surface area contributed by atoms with Crippen molar-refractivity contribution in [2.45, 2.75) is 24.8 Å². The van der Waals surface area contributed by atoms with Crippen LogP contribution in [0.5, 0.6) is 0 Å². The molecule has 0 bridgehead atoms. The quantitative estimate of drug-likeness (QED) is 0.162. The number of aromatic nitrogens is 1. The first-order valence-corrected chi connectivity index (χ1v) is 22.4. The zero-order valence-corrected chi connectivity index (χ0v) is 35.8. The minimum atomic E-state index is -0.711. The van der Waals surface area contributed by atoms with Crippen LogP contribution in [-0.2, 0) is 11.0 Å². The Morgan fingerprint density at radius 3 is 1.67 bits per heavy atom. The van der Waals surface area contributed by atoms with Crippen LogP contribution in [0.2, 0.25) is 0 Å². The van der Waals surface area contributed by atoms with Crippen molar-refractivity contribution in [2.24, 2.45) is 0 Å².